The lowest BCUT2D eigenvalue weighted by Crippen LogP contribution is -2.50. The standard InChI is InChI=1S/C14H20N2O2/c1-3-9-16-13(17)14(15)8-7-10-11(14)5-4-6-12(10)18-2/h4-6H,3,7-9,15H2,1-2H3,(H,16,17). The van der Waals surface area contributed by atoms with E-state index in [0.717, 1.165) is 29.7 Å². The lowest BCUT2D eigenvalue weighted by atomic mass is 9.92. The molecule has 0 aliphatic heterocycles. The molecule has 0 heterocycles. The molecule has 0 radical (unpaired) electrons. The number of fused-ring (bicyclic) bond motifs is 1. The fourth-order valence-corrected chi connectivity index (χ4v) is 2.52. The maximum absolute atomic E-state index is 12.2. The van der Waals surface area contributed by atoms with E-state index in [1.54, 1.807) is 7.11 Å². The van der Waals surface area contributed by atoms with Crippen LogP contribution < -0.4 is 15.8 Å². The average Bonchev–Trinajstić information content (AvgIpc) is 2.75. The van der Waals surface area contributed by atoms with Crippen molar-refractivity contribution in [2.75, 3.05) is 13.7 Å². The van der Waals surface area contributed by atoms with E-state index in [9.17, 15) is 4.79 Å². The summed E-state index contributed by atoms with van der Waals surface area (Å²) in [7, 11) is 1.64. The monoisotopic (exact) mass is 248 g/mol. The van der Waals surface area contributed by atoms with Gasteiger partial charge in [-0.3, -0.25) is 4.79 Å². The zero-order valence-electron chi connectivity index (χ0n) is 11.0. The van der Waals surface area contributed by atoms with Crippen LogP contribution >= 0.6 is 0 Å². The highest BCUT2D eigenvalue weighted by molar-refractivity contribution is 5.89. The van der Waals surface area contributed by atoms with Crippen LogP contribution in [-0.4, -0.2) is 19.6 Å². The third-order valence-corrected chi connectivity index (χ3v) is 3.54. The summed E-state index contributed by atoms with van der Waals surface area (Å²) < 4.78 is 5.32. The van der Waals surface area contributed by atoms with Crippen LogP contribution in [0.3, 0.4) is 0 Å². The average molecular weight is 248 g/mol. The van der Waals surface area contributed by atoms with Gasteiger partial charge >= 0.3 is 0 Å². The second kappa shape index (κ2) is 4.98. The third-order valence-electron chi connectivity index (χ3n) is 3.54. The van der Waals surface area contributed by atoms with Gasteiger partial charge in [0.1, 0.15) is 11.3 Å². The van der Waals surface area contributed by atoms with Gasteiger partial charge in [-0.2, -0.15) is 0 Å². The Morgan fingerprint density at radius 2 is 2.33 bits per heavy atom. The number of hydrogen-bond donors (Lipinski definition) is 2. The summed E-state index contributed by atoms with van der Waals surface area (Å²) in [5, 5.41) is 2.89. The summed E-state index contributed by atoms with van der Waals surface area (Å²) >= 11 is 0. The van der Waals surface area contributed by atoms with Crippen molar-refractivity contribution in [2.24, 2.45) is 5.73 Å². The Kier molecular flexibility index (Phi) is 3.57. The summed E-state index contributed by atoms with van der Waals surface area (Å²) in [6.45, 7) is 2.69. The second-order valence-corrected chi connectivity index (χ2v) is 4.71. The number of ether oxygens (including phenoxy) is 1. The fourth-order valence-electron chi connectivity index (χ4n) is 2.52. The molecule has 0 saturated carbocycles. The van der Waals surface area contributed by atoms with Crippen molar-refractivity contribution in [3.8, 4) is 5.75 Å². The molecule has 1 atom stereocenters. The van der Waals surface area contributed by atoms with Crippen molar-refractivity contribution in [2.45, 2.75) is 31.7 Å². The first-order valence-electron chi connectivity index (χ1n) is 6.37. The van der Waals surface area contributed by atoms with E-state index >= 15 is 0 Å². The molecule has 1 aromatic carbocycles. The molecule has 0 aromatic heterocycles. The van der Waals surface area contributed by atoms with E-state index in [4.69, 9.17) is 10.5 Å². The molecule has 18 heavy (non-hydrogen) atoms. The predicted octanol–water partition coefficient (Wildman–Crippen LogP) is 1.32. The first kappa shape index (κ1) is 12.9. The Balaban J connectivity index is 2.32. The Hall–Kier alpha value is -1.55. The second-order valence-electron chi connectivity index (χ2n) is 4.71. The molecule has 1 aliphatic rings. The quantitative estimate of drug-likeness (QED) is 0.844. The van der Waals surface area contributed by atoms with Gasteiger partial charge in [0.25, 0.3) is 0 Å². The van der Waals surface area contributed by atoms with Gasteiger partial charge < -0.3 is 15.8 Å². The first-order valence-corrected chi connectivity index (χ1v) is 6.37. The van der Waals surface area contributed by atoms with Crippen LogP contribution in [0.25, 0.3) is 0 Å². The predicted molar refractivity (Wildman–Crippen MR) is 70.5 cm³/mol. The molecule has 0 fully saturated rings. The third kappa shape index (κ3) is 1.97. The van der Waals surface area contributed by atoms with Gasteiger partial charge in [0, 0.05) is 6.54 Å². The van der Waals surface area contributed by atoms with Gasteiger partial charge in [0.2, 0.25) is 5.91 Å². The van der Waals surface area contributed by atoms with Crippen LogP contribution in [0.4, 0.5) is 0 Å². The first-order chi connectivity index (χ1) is 8.63. The molecule has 4 nitrogen and oxygen atoms in total. The van der Waals surface area contributed by atoms with E-state index in [2.05, 4.69) is 5.32 Å². The maximum atomic E-state index is 12.2. The zero-order valence-corrected chi connectivity index (χ0v) is 11.0. The molecular formula is C14H20N2O2. The van der Waals surface area contributed by atoms with Crippen LogP contribution in [0.5, 0.6) is 5.75 Å². The minimum Gasteiger partial charge on any atom is -0.496 e. The largest absolute Gasteiger partial charge is 0.496 e. The summed E-state index contributed by atoms with van der Waals surface area (Å²) in [6, 6.07) is 5.72. The van der Waals surface area contributed by atoms with Crippen molar-refractivity contribution < 1.29 is 9.53 Å². The number of carbonyl (C=O) groups is 1. The number of rotatable bonds is 4. The van der Waals surface area contributed by atoms with Crippen LogP contribution in [0.2, 0.25) is 0 Å². The van der Waals surface area contributed by atoms with Crippen molar-refractivity contribution in [1.29, 1.82) is 0 Å². The molecular weight excluding hydrogens is 228 g/mol. The molecule has 1 amide bonds. The van der Waals surface area contributed by atoms with Crippen LogP contribution in [0.15, 0.2) is 18.2 Å². The van der Waals surface area contributed by atoms with Crippen molar-refractivity contribution in [3.05, 3.63) is 29.3 Å². The van der Waals surface area contributed by atoms with Crippen LogP contribution in [-0.2, 0) is 16.8 Å². The topological polar surface area (TPSA) is 64.4 Å². The smallest absolute Gasteiger partial charge is 0.244 e. The van der Waals surface area contributed by atoms with Crippen molar-refractivity contribution in [3.63, 3.8) is 0 Å². The summed E-state index contributed by atoms with van der Waals surface area (Å²) in [6.07, 6.45) is 2.33. The van der Waals surface area contributed by atoms with E-state index < -0.39 is 5.54 Å². The molecule has 98 valence electrons. The number of amides is 1. The molecule has 1 aromatic rings. The Morgan fingerprint density at radius 3 is 3.00 bits per heavy atom. The van der Waals surface area contributed by atoms with E-state index in [-0.39, 0.29) is 5.91 Å². The van der Waals surface area contributed by atoms with Crippen LogP contribution in [0, 0.1) is 0 Å². The molecule has 4 heteroatoms. The lowest BCUT2D eigenvalue weighted by molar-refractivity contribution is -0.126. The minimum atomic E-state index is -0.904. The lowest BCUT2D eigenvalue weighted by Gasteiger charge is -2.24. The van der Waals surface area contributed by atoms with E-state index in [1.807, 2.05) is 25.1 Å². The SMILES string of the molecule is CCCNC(=O)C1(N)CCc2c(OC)cccc21. The van der Waals surface area contributed by atoms with Gasteiger partial charge in [-0.25, -0.2) is 0 Å². The van der Waals surface area contributed by atoms with Crippen molar-refractivity contribution >= 4 is 5.91 Å². The van der Waals surface area contributed by atoms with E-state index in [0.29, 0.717) is 13.0 Å². The Bertz CT molecular complexity index is 459. The molecule has 1 aliphatic carbocycles. The molecule has 3 N–H and O–H groups in total. The number of nitrogens with two attached hydrogens (primary N) is 1. The number of methoxy groups -OCH3 is 1. The molecule has 2 rings (SSSR count). The van der Waals surface area contributed by atoms with Crippen molar-refractivity contribution in [1.82, 2.24) is 5.32 Å². The fraction of sp³-hybridized carbons (Fsp3) is 0.500. The summed E-state index contributed by atoms with van der Waals surface area (Å²) in [5.41, 5.74) is 7.37. The van der Waals surface area contributed by atoms with E-state index in [1.165, 1.54) is 0 Å². The zero-order chi connectivity index (χ0) is 13.2. The van der Waals surface area contributed by atoms with Gasteiger partial charge in [0.15, 0.2) is 0 Å². The van der Waals surface area contributed by atoms with Gasteiger partial charge in [-0.15, -0.1) is 0 Å². The van der Waals surface area contributed by atoms with Gasteiger partial charge in [-0.05, 0) is 36.5 Å². The number of hydrogen-bond acceptors (Lipinski definition) is 3. The number of benzene rings is 1. The molecule has 0 spiro atoms. The van der Waals surface area contributed by atoms with Gasteiger partial charge in [0.05, 0.1) is 7.11 Å². The molecule has 0 bridgehead atoms. The highest BCUT2D eigenvalue weighted by atomic mass is 16.5. The summed E-state index contributed by atoms with van der Waals surface area (Å²) in [5.74, 6) is 0.736. The maximum Gasteiger partial charge on any atom is 0.244 e. The summed E-state index contributed by atoms with van der Waals surface area (Å²) in [4.78, 5) is 12.2. The molecule has 0 saturated heterocycles. The normalized spacial score (nSPS) is 21.5. The van der Waals surface area contributed by atoms with Gasteiger partial charge in [-0.1, -0.05) is 19.1 Å². The highest BCUT2D eigenvalue weighted by Crippen LogP contribution is 2.39. The number of carbonyl (C=O) groups excluding carboxylic acids is 1. The molecule has 1 unspecified atom stereocenters. The van der Waals surface area contributed by atoms with Crippen LogP contribution in [0.1, 0.15) is 30.9 Å². The number of nitrogens with one attached hydrogen (secondary N) is 1. The Labute approximate surface area is 108 Å². The highest BCUT2D eigenvalue weighted by Gasteiger charge is 2.42. The minimum absolute atomic E-state index is 0.0867. The Morgan fingerprint density at radius 1 is 1.56 bits per heavy atom.